The van der Waals surface area contributed by atoms with Crippen molar-refractivity contribution in [3.63, 3.8) is 0 Å². The molecule has 0 saturated carbocycles. The van der Waals surface area contributed by atoms with Gasteiger partial charge in [-0.15, -0.1) is 0 Å². The molecule has 32 heavy (non-hydrogen) atoms. The van der Waals surface area contributed by atoms with Gasteiger partial charge in [0.1, 0.15) is 12.6 Å². The van der Waals surface area contributed by atoms with Crippen molar-refractivity contribution in [2.75, 3.05) is 26.5 Å². The molecule has 174 valence electrons. The fourth-order valence-corrected chi connectivity index (χ4v) is 3.88. The summed E-state index contributed by atoms with van der Waals surface area (Å²) in [6, 6.07) is 14.8. The number of amides is 1. The van der Waals surface area contributed by atoms with E-state index in [0.717, 1.165) is 17.4 Å². The Morgan fingerprint density at radius 3 is 2.44 bits per heavy atom. The van der Waals surface area contributed by atoms with Gasteiger partial charge in [-0.05, 0) is 41.7 Å². The number of carbonyl (C=O) groups is 1. The number of rotatable bonds is 12. The topological polar surface area (TPSA) is 93.7 Å². The summed E-state index contributed by atoms with van der Waals surface area (Å²) in [5.41, 5.74) is 2.07. The van der Waals surface area contributed by atoms with Gasteiger partial charge in [0.05, 0.1) is 13.4 Å². The first-order chi connectivity index (χ1) is 15.2. The second-order valence-electron chi connectivity index (χ2n) is 7.76. The minimum atomic E-state index is -3.48. The third kappa shape index (κ3) is 8.72. The Hall–Kier alpha value is -2.84. The van der Waals surface area contributed by atoms with Crippen molar-refractivity contribution in [3.05, 3.63) is 65.7 Å². The number of ether oxygens (including phenoxy) is 2. The Morgan fingerprint density at radius 2 is 1.81 bits per heavy atom. The first-order valence-electron chi connectivity index (χ1n) is 10.5. The second-order valence-corrected chi connectivity index (χ2v) is 9.54. The van der Waals surface area contributed by atoms with Crippen molar-refractivity contribution in [1.82, 2.24) is 10.0 Å². The minimum absolute atomic E-state index is 0.169. The molecule has 0 bridgehead atoms. The molecule has 0 fully saturated rings. The molecule has 0 aliphatic carbocycles. The lowest BCUT2D eigenvalue weighted by atomic mass is 10.0. The van der Waals surface area contributed by atoms with E-state index in [0.29, 0.717) is 31.1 Å². The summed E-state index contributed by atoms with van der Waals surface area (Å²) in [4.78, 5) is 12.4. The Kier molecular flexibility index (Phi) is 9.74. The summed E-state index contributed by atoms with van der Waals surface area (Å²) in [6.07, 6.45) is 5.55. The maximum Gasteiger partial charge on any atom is 0.238 e. The number of hydrogen-bond donors (Lipinski definition) is 2. The standard InChI is InChI=1S/C24H32N2O5S/c1-18(2)23(26-32(4,28)29)24(27)25-15-14-20-12-13-21(22(17-20)30-3)31-16-8-11-19-9-6-5-7-10-19/h5-13,17-18,23,26H,14-16H2,1-4H3,(H,25,27)/t23-/m0/s1. The van der Waals surface area contributed by atoms with Crippen molar-refractivity contribution < 1.29 is 22.7 Å². The van der Waals surface area contributed by atoms with Gasteiger partial charge >= 0.3 is 0 Å². The molecule has 2 N–H and O–H groups in total. The van der Waals surface area contributed by atoms with Crippen LogP contribution in [-0.4, -0.2) is 46.9 Å². The van der Waals surface area contributed by atoms with Crippen LogP contribution in [0.25, 0.3) is 6.08 Å². The van der Waals surface area contributed by atoms with Crippen molar-refractivity contribution in [2.24, 2.45) is 5.92 Å². The molecule has 0 spiro atoms. The molecule has 1 atom stereocenters. The van der Waals surface area contributed by atoms with E-state index in [1.807, 2.05) is 60.7 Å². The number of benzene rings is 2. The smallest absolute Gasteiger partial charge is 0.238 e. The molecule has 0 unspecified atom stereocenters. The predicted octanol–water partition coefficient (Wildman–Crippen LogP) is 3.02. The molecule has 0 radical (unpaired) electrons. The number of carbonyl (C=O) groups excluding carboxylic acids is 1. The number of sulfonamides is 1. The van der Waals surface area contributed by atoms with Gasteiger partial charge in [0.2, 0.25) is 15.9 Å². The molecule has 0 heterocycles. The number of methoxy groups -OCH3 is 1. The SMILES string of the molecule is COc1cc(CCNC(=O)[C@@H](NS(C)(=O)=O)C(C)C)ccc1OCC=Cc1ccccc1. The quantitative estimate of drug-likeness (QED) is 0.508. The van der Waals surface area contributed by atoms with Crippen LogP contribution in [0.4, 0.5) is 0 Å². The van der Waals surface area contributed by atoms with Crippen molar-refractivity contribution in [2.45, 2.75) is 26.3 Å². The van der Waals surface area contributed by atoms with Crippen LogP contribution in [-0.2, 0) is 21.2 Å². The van der Waals surface area contributed by atoms with Gasteiger partial charge in [-0.2, -0.15) is 0 Å². The summed E-state index contributed by atoms with van der Waals surface area (Å²) < 4.78 is 36.6. The summed E-state index contributed by atoms with van der Waals surface area (Å²) >= 11 is 0. The first-order valence-corrected chi connectivity index (χ1v) is 12.3. The fraction of sp³-hybridized carbons (Fsp3) is 0.375. The summed E-state index contributed by atoms with van der Waals surface area (Å²) in [6.45, 7) is 4.36. The van der Waals surface area contributed by atoms with Crippen LogP contribution >= 0.6 is 0 Å². The van der Waals surface area contributed by atoms with Crippen LogP contribution in [0.5, 0.6) is 11.5 Å². The van der Waals surface area contributed by atoms with Gasteiger partial charge in [-0.1, -0.05) is 56.3 Å². The molecule has 1 amide bonds. The molecule has 0 aliphatic rings. The zero-order valence-electron chi connectivity index (χ0n) is 19.0. The normalized spacial score (nSPS) is 12.7. The fourth-order valence-electron chi connectivity index (χ4n) is 3.04. The van der Waals surface area contributed by atoms with Crippen LogP contribution in [0.1, 0.15) is 25.0 Å². The van der Waals surface area contributed by atoms with E-state index in [1.54, 1.807) is 21.0 Å². The van der Waals surface area contributed by atoms with Gasteiger partial charge in [0.25, 0.3) is 0 Å². The predicted molar refractivity (Wildman–Crippen MR) is 127 cm³/mol. The van der Waals surface area contributed by atoms with E-state index in [1.165, 1.54) is 0 Å². The zero-order chi connectivity index (χ0) is 23.6. The Balaban J connectivity index is 1.89. The zero-order valence-corrected chi connectivity index (χ0v) is 19.8. The highest BCUT2D eigenvalue weighted by atomic mass is 32.2. The molecular formula is C24H32N2O5S. The molecule has 0 saturated heterocycles. The minimum Gasteiger partial charge on any atom is -0.493 e. The van der Waals surface area contributed by atoms with Gasteiger partial charge in [-0.25, -0.2) is 13.1 Å². The van der Waals surface area contributed by atoms with Gasteiger partial charge in [0, 0.05) is 6.54 Å². The van der Waals surface area contributed by atoms with Crippen LogP contribution < -0.4 is 19.5 Å². The summed E-state index contributed by atoms with van der Waals surface area (Å²) in [5.74, 6) is 0.732. The maximum atomic E-state index is 12.4. The van der Waals surface area contributed by atoms with Crippen LogP contribution in [0.2, 0.25) is 0 Å². The molecule has 2 rings (SSSR count). The molecule has 2 aromatic rings. The van der Waals surface area contributed by atoms with E-state index < -0.39 is 16.1 Å². The lowest BCUT2D eigenvalue weighted by Gasteiger charge is -2.20. The van der Waals surface area contributed by atoms with E-state index in [2.05, 4.69) is 10.0 Å². The molecular weight excluding hydrogens is 428 g/mol. The number of nitrogens with one attached hydrogen (secondary N) is 2. The van der Waals surface area contributed by atoms with Crippen LogP contribution in [0, 0.1) is 5.92 Å². The first kappa shape index (κ1) is 25.4. The largest absolute Gasteiger partial charge is 0.493 e. The Bertz CT molecular complexity index is 1000. The van der Waals surface area contributed by atoms with Crippen LogP contribution in [0.3, 0.4) is 0 Å². The van der Waals surface area contributed by atoms with Gasteiger partial charge < -0.3 is 14.8 Å². The third-order valence-electron chi connectivity index (χ3n) is 4.68. The average molecular weight is 461 g/mol. The van der Waals surface area contributed by atoms with E-state index in [-0.39, 0.29) is 11.8 Å². The van der Waals surface area contributed by atoms with E-state index in [9.17, 15) is 13.2 Å². The Labute approximate surface area is 190 Å². The summed E-state index contributed by atoms with van der Waals surface area (Å²) in [5, 5.41) is 2.80. The molecule has 2 aromatic carbocycles. The second kappa shape index (κ2) is 12.3. The molecule has 7 nitrogen and oxygen atoms in total. The monoisotopic (exact) mass is 460 g/mol. The van der Waals surface area contributed by atoms with Crippen molar-refractivity contribution >= 4 is 22.0 Å². The van der Waals surface area contributed by atoms with E-state index in [4.69, 9.17) is 9.47 Å². The lowest BCUT2D eigenvalue weighted by Crippen LogP contribution is -2.49. The summed E-state index contributed by atoms with van der Waals surface area (Å²) in [7, 11) is -1.90. The van der Waals surface area contributed by atoms with E-state index >= 15 is 0 Å². The maximum absolute atomic E-state index is 12.4. The highest BCUT2D eigenvalue weighted by Crippen LogP contribution is 2.28. The molecule has 0 aromatic heterocycles. The van der Waals surface area contributed by atoms with Gasteiger partial charge in [-0.3, -0.25) is 4.79 Å². The average Bonchev–Trinajstić information content (AvgIpc) is 2.75. The highest BCUT2D eigenvalue weighted by Gasteiger charge is 2.24. The molecule has 0 aliphatic heterocycles. The number of hydrogen-bond acceptors (Lipinski definition) is 5. The van der Waals surface area contributed by atoms with Crippen molar-refractivity contribution in [3.8, 4) is 11.5 Å². The third-order valence-corrected chi connectivity index (χ3v) is 5.36. The lowest BCUT2D eigenvalue weighted by molar-refractivity contribution is -0.123. The highest BCUT2D eigenvalue weighted by molar-refractivity contribution is 7.88. The van der Waals surface area contributed by atoms with Crippen LogP contribution in [0.15, 0.2) is 54.6 Å². The Morgan fingerprint density at radius 1 is 1.09 bits per heavy atom. The van der Waals surface area contributed by atoms with Gasteiger partial charge in [0.15, 0.2) is 11.5 Å². The molecule has 8 heteroatoms. The van der Waals surface area contributed by atoms with Crippen molar-refractivity contribution in [1.29, 1.82) is 0 Å².